The average molecular weight is 898 g/mol. The van der Waals surface area contributed by atoms with Crippen LogP contribution in [0.4, 0.5) is 0 Å². The fourth-order valence-corrected chi connectivity index (χ4v) is 10.1. The van der Waals surface area contributed by atoms with E-state index >= 15 is 0 Å². The van der Waals surface area contributed by atoms with E-state index in [-0.39, 0.29) is 48.9 Å². The zero-order chi connectivity index (χ0) is 47.3. The van der Waals surface area contributed by atoms with Crippen LogP contribution >= 0.6 is 0 Å². The summed E-state index contributed by atoms with van der Waals surface area (Å²) in [5.41, 5.74) is 1.30. The molecule has 1 aliphatic carbocycles. The molecule has 0 aromatic carbocycles. The number of allylic oxidation sites excluding steroid dienone is 6. The molecule has 360 valence electrons. The van der Waals surface area contributed by atoms with Crippen LogP contribution in [0.3, 0.4) is 0 Å². The van der Waals surface area contributed by atoms with Gasteiger partial charge in [0.05, 0.1) is 18.3 Å². The van der Waals surface area contributed by atoms with Crippen LogP contribution in [0.15, 0.2) is 47.6 Å². The van der Waals surface area contributed by atoms with Crippen molar-refractivity contribution in [3.05, 3.63) is 47.6 Å². The maximum absolute atomic E-state index is 14.4. The molecule has 0 radical (unpaired) electrons. The first-order chi connectivity index (χ1) is 30.3. The molecule has 0 spiro atoms. The molecule has 13 heteroatoms. The summed E-state index contributed by atoms with van der Waals surface area (Å²) in [5, 5.41) is 23.4. The molecule has 0 aromatic rings. The van der Waals surface area contributed by atoms with Gasteiger partial charge in [0.15, 0.2) is 5.78 Å². The number of fused-ring (bicyclic) bond motifs is 3. The van der Waals surface area contributed by atoms with Gasteiger partial charge >= 0.3 is 5.97 Å². The maximum atomic E-state index is 14.4. The molecular formula is C51H79NO12. The van der Waals surface area contributed by atoms with Crippen molar-refractivity contribution in [2.45, 2.75) is 180 Å². The molecule has 4 rings (SSSR count). The Morgan fingerprint density at radius 3 is 2.27 bits per heavy atom. The summed E-state index contributed by atoms with van der Waals surface area (Å²) in [5.74, 6) is -7.45. The minimum atomic E-state index is -2.41. The van der Waals surface area contributed by atoms with Gasteiger partial charge in [-0.15, -0.1) is 0 Å². The second-order valence-corrected chi connectivity index (χ2v) is 19.5. The molecule has 2 bridgehead atoms. The SMILES string of the molecule is CO[C@H]1CCCC(C[C@@H](C)[C@@H]2CC(=O)[C@H](C)/C=C(\C)[C@@H](O)[C@@H](OC)C(=O)[C@H](C)C[C@H](C)\C=C/C=C/C=C(\C)[C@@H](OC)C[C@@H]3CC[C@@H](C)[C@@](O)(O3)C(=O)C(=O)N3CCCC[C@H]3C(=O)O2)C1. The van der Waals surface area contributed by atoms with Crippen molar-refractivity contribution in [2.24, 2.45) is 35.5 Å². The second kappa shape index (κ2) is 25.0. The first kappa shape index (κ1) is 53.3. The van der Waals surface area contributed by atoms with Gasteiger partial charge in [0.1, 0.15) is 30.1 Å². The van der Waals surface area contributed by atoms with Crippen LogP contribution in [-0.2, 0) is 47.7 Å². The number of amides is 1. The number of rotatable bonds is 6. The van der Waals surface area contributed by atoms with Crippen LogP contribution in [0.25, 0.3) is 0 Å². The zero-order valence-electron chi connectivity index (χ0n) is 40.3. The topological polar surface area (TPSA) is 175 Å². The van der Waals surface area contributed by atoms with Crippen LogP contribution in [0.1, 0.15) is 132 Å². The first-order valence-corrected chi connectivity index (χ1v) is 23.8. The van der Waals surface area contributed by atoms with E-state index in [1.165, 1.54) is 12.0 Å². The largest absolute Gasteiger partial charge is 0.460 e. The summed E-state index contributed by atoms with van der Waals surface area (Å²) in [6.07, 6.45) is 14.7. The normalized spacial score (nSPS) is 39.7. The number of nitrogens with zero attached hydrogens (tertiary/aromatic N) is 1. The number of aliphatic hydroxyl groups is 2. The third-order valence-electron chi connectivity index (χ3n) is 14.4. The number of hydrogen-bond donors (Lipinski definition) is 2. The summed E-state index contributed by atoms with van der Waals surface area (Å²) < 4.78 is 29.6. The van der Waals surface area contributed by atoms with E-state index in [1.54, 1.807) is 41.1 Å². The molecule has 3 heterocycles. The highest BCUT2D eigenvalue weighted by Gasteiger charge is 2.53. The van der Waals surface area contributed by atoms with Crippen molar-refractivity contribution in [1.29, 1.82) is 0 Å². The Labute approximate surface area is 382 Å². The van der Waals surface area contributed by atoms with Crippen molar-refractivity contribution < 1.29 is 57.9 Å². The van der Waals surface area contributed by atoms with Crippen LogP contribution in [0.2, 0.25) is 0 Å². The lowest BCUT2D eigenvalue weighted by atomic mass is 9.79. The Morgan fingerprint density at radius 2 is 1.58 bits per heavy atom. The van der Waals surface area contributed by atoms with Gasteiger partial charge in [-0.25, -0.2) is 4.79 Å². The number of aliphatic hydroxyl groups excluding tert-OH is 1. The minimum absolute atomic E-state index is 0.0317. The number of esters is 1. The molecule has 13 nitrogen and oxygen atoms in total. The van der Waals surface area contributed by atoms with E-state index in [9.17, 15) is 34.2 Å². The van der Waals surface area contributed by atoms with Crippen molar-refractivity contribution in [3.8, 4) is 0 Å². The molecular weight excluding hydrogens is 819 g/mol. The van der Waals surface area contributed by atoms with Crippen LogP contribution < -0.4 is 0 Å². The molecule has 1 amide bonds. The maximum Gasteiger partial charge on any atom is 0.329 e. The van der Waals surface area contributed by atoms with Crippen LogP contribution in [0.5, 0.6) is 0 Å². The number of ether oxygens (including phenoxy) is 5. The summed E-state index contributed by atoms with van der Waals surface area (Å²) >= 11 is 0. The minimum Gasteiger partial charge on any atom is -0.460 e. The number of piperidine rings is 1. The van der Waals surface area contributed by atoms with Gasteiger partial charge in [-0.1, -0.05) is 83.9 Å². The highest BCUT2D eigenvalue weighted by molar-refractivity contribution is 6.39. The summed E-state index contributed by atoms with van der Waals surface area (Å²) in [6, 6.07) is -1.10. The van der Waals surface area contributed by atoms with E-state index in [0.717, 1.165) is 31.3 Å². The molecule has 2 saturated heterocycles. The average Bonchev–Trinajstić information content (AvgIpc) is 3.27. The number of carbonyl (C=O) groups is 5. The zero-order valence-corrected chi connectivity index (χ0v) is 40.3. The predicted molar refractivity (Wildman–Crippen MR) is 244 cm³/mol. The van der Waals surface area contributed by atoms with Crippen molar-refractivity contribution in [1.82, 2.24) is 4.90 Å². The quantitative estimate of drug-likeness (QED) is 0.156. The van der Waals surface area contributed by atoms with Gasteiger partial charge in [-0.3, -0.25) is 19.2 Å². The number of ketones is 3. The van der Waals surface area contributed by atoms with E-state index in [1.807, 2.05) is 58.1 Å². The van der Waals surface area contributed by atoms with E-state index in [4.69, 9.17) is 23.7 Å². The third-order valence-corrected chi connectivity index (χ3v) is 14.4. The fourth-order valence-electron chi connectivity index (χ4n) is 10.1. The summed E-state index contributed by atoms with van der Waals surface area (Å²) in [7, 11) is 4.69. The van der Waals surface area contributed by atoms with Gasteiger partial charge in [0.25, 0.3) is 11.7 Å². The standard InChI is InChI=1S/C51H79NO12/c1-31-17-12-11-13-18-32(2)43(61-9)29-40-23-22-37(7)51(59,64-40)48(56)49(57)52-24-15-14-21-41(52)50(58)63-44(34(4)27-38-19-16-20-39(28-38)60-8)30-42(53)33(3)26-36(6)46(55)47(62-10)45(54)35(5)25-31/h11-13,17-18,26,31,33-35,37-41,43-44,46-47,55,59H,14-16,19-25,27-30H2,1-10H3/b13-11+,17-12-,32-18+,36-26+/t31-,33-,34-,35-,37-,38?,39+,40+,41+,43+,44+,46-,47+,51-/m1/s1. The van der Waals surface area contributed by atoms with E-state index < -0.39 is 77.8 Å². The number of hydrogen-bond acceptors (Lipinski definition) is 12. The van der Waals surface area contributed by atoms with Crippen molar-refractivity contribution in [3.63, 3.8) is 0 Å². The van der Waals surface area contributed by atoms with Gasteiger partial charge in [0, 0.05) is 58.5 Å². The summed E-state index contributed by atoms with van der Waals surface area (Å²) in [6.45, 7) is 12.9. The molecule has 1 unspecified atom stereocenters. The third kappa shape index (κ3) is 14.1. The Hall–Kier alpha value is -3.33. The van der Waals surface area contributed by atoms with Crippen LogP contribution in [-0.4, -0.2) is 121 Å². The Morgan fingerprint density at radius 1 is 0.844 bits per heavy atom. The Balaban J connectivity index is 1.70. The molecule has 64 heavy (non-hydrogen) atoms. The monoisotopic (exact) mass is 898 g/mol. The second-order valence-electron chi connectivity index (χ2n) is 19.5. The van der Waals surface area contributed by atoms with E-state index in [0.29, 0.717) is 56.4 Å². The molecule has 3 aliphatic heterocycles. The lowest BCUT2D eigenvalue weighted by molar-refractivity contribution is -0.265. The first-order valence-electron chi connectivity index (χ1n) is 23.8. The fraction of sp³-hybridized carbons (Fsp3) is 0.745. The van der Waals surface area contributed by atoms with Crippen molar-refractivity contribution in [2.75, 3.05) is 27.9 Å². The van der Waals surface area contributed by atoms with Gasteiger partial charge in [-0.2, -0.15) is 0 Å². The smallest absolute Gasteiger partial charge is 0.329 e. The highest BCUT2D eigenvalue weighted by atomic mass is 16.6. The Bertz CT molecular complexity index is 1720. The van der Waals surface area contributed by atoms with Crippen molar-refractivity contribution >= 4 is 29.2 Å². The lowest BCUT2D eigenvalue weighted by Crippen LogP contribution is -2.61. The molecule has 3 fully saturated rings. The number of carbonyl (C=O) groups excluding carboxylic acids is 5. The number of cyclic esters (lactones) is 1. The van der Waals surface area contributed by atoms with Gasteiger partial charge in [0.2, 0.25) is 5.79 Å². The molecule has 4 aliphatic rings. The van der Waals surface area contributed by atoms with E-state index in [2.05, 4.69) is 0 Å². The predicted octanol–water partition coefficient (Wildman–Crippen LogP) is 7.21. The molecule has 14 atom stereocenters. The van der Waals surface area contributed by atoms with Gasteiger partial charge in [-0.05, 0) is 101 Å². The molecule has 1 saturated carbocycles. The van der Waals surface area contributed by atoms with Gasteiger partial charge < -0.3 is 38.8 Å². The van der Waals surface area contributed by atoms with Crippen LogP contribution in [0, 0.1) is 35.5 Å². The molecule has 2 N–H and O–H groups in total. The Kier molecular flexibility index (Phi) is 20.8. The summed E-state index contributed by atoms with van der Waals surface area (Å²) in [4.78, 5) is 71.8. The molecule has 0 aromatic heterocycles. The number of methoxy groups -OCH3 is 3. The lowest BCUT2D eigenvalue weighted by Gasteiger charge is -2.42. The highest BCUT2D eigenvalue weighted by Crippen LogP contribution is 2.37. The number of Topliss-reactive ketones (excluding diaryl/α,β-unsaturated/α-hetero) is 3.